The van der Waals surface area contributed by atoms with Crippen LogP contribution in [-0.2, 0) is 10.8 Å². The van der Waals surface area contributed by atoms with Crippen LogP contribution in [0.1, 0.15) is 46.0 Å². The van der Waals surface area contributed by atoms with E-state index in [9.17, 15) is 4.21 Å². The Morgan fingerprint density at radius 2 is 2.00 bits per heavy atom. The molecular formula is C11H23NOS. The van der Waals surface area contributed by atoms with Gasteiger partial charge < -0.3 is 5.32 Å². The summed E-state index contributed by atoms with van der Waals surface area (Å²) in [4.78, 5) is 0. The van der Waals surface area contributed by atoms with Gasteiger partial charge in [-0.25, -0.2) is 0 Å². The van der Waals surface area contributed by atoms with Crippen molar-refractivity contribution in [2.24, 2.45) is 0 Å². The van der Waals surface area contributed by atoms with E-state index in [0.29, 0.717) is 11.3 Å². The highest BCUT2D eigenvalue weighted by Crippen LogP contribution is 2.23. The summed E-state index contributed by atoms with van der Waals surface area (Å²) in [5.41, 5.74) is 0. The van der Waals surface area contributed by atoms with Gasteiger partial charge in [-0.1, -0.05) is 26.7 Å². The lowest BCUT2D eigenvalue weighted by molar-refractivity contribution is 0.550. The Kier molecular flexibility index (Phi) is 5.71. The summed E-state index contributed by atoms with van der Waals surface area (Å²) in [5, 5.41) is 3.90. The van der Waals surface area contributed by atoms with Crippen molar-refractivity contribution in [2.75, 3.05) is 12.3 Å². The van der Waals surface area contributed by atoms with Gasteiger partial charge in [0.15, 0.2) is 0 Å². The Morgan fingerprint density at radius 1 is 1.36 bits per heavy atom. The van der Waals surface area contributed by atoms with Crippen molar-refractivity contribution < 1.29 is 4.21 Å². The quantitative estimate of drug-likeness (QED) is 0.738. The second kappa shape index (κ2) is 6.57. The van der Waals surface area contributed by atoms with Gasteiger partial charge in [-0.15, -0.1) is 0 Å². The lowest BCUT2D eigenvalue weighted by Crippen LogP contribution is -2.35. The highest BCUT2D eigenvalue weighted by Gasteiger charge is 2.22. The third-order valence-electron chi connectivity index (χ3n) is 3.03. The molecule has 3 heteroatoms. The van der Waals surface area contributed by atoms with E-state index in [2.05, 4.69) is 19.2 Å². The molecule has 0 saturated heterocycles. The molecule has 0 heterocycles. The fraction of sp³-hybridized carbons (Fsp3) is 1.00. The molecule has 2 atom stereocenters. The van der Waals surface area contributed by atoms with E-state index >= 15 is 0 Å². The van der Waals surface area contributed by atoms with Gasteiger partial charge >= 0.3 is 0 Å². The standard InChI is InChI=1S/C11H23NOS/c1-3-10(12-4-2)9-14(13)11-7-5-6-8-11/h10-12H,3-9H2,1-2H3. The maximum atomic E-state index is 12.0. The predicted octanol–water partition coefficient (Wildman–Crippen LogP) is 2.07. The lowest BCUT2D eigenvalue weighted by atomic mass is 10.2. The van der Waals surface area contributed by atoms with Gasteiger partial charge in [-0.2, -0.15) is 0 Å². The molecule has 0 bridgehead atoms. The van der Waals surface area contributed by atoms with Crippen LogP contribution in [-0.4, -0.2) is 27.8 Å². The molecule has 0 radical (unpaired) electrons. The molecule has 14 heavy (non-hydrogen) atoms. The summed E-state index contributed by atoms with van der Waals surface area (Å²) in [5.74, 6) is 0.856. The van der Waals surface area contributed by atoms with E-state index in [1.54, 1.807) is 0 Å². The van der Waals surface area contributed by atoms with E-state index in [0.717, 1.165) is 18.7 Å². The smallest absolute Gasteiger partial charge is 0.0391 e. The summed E-state index contributed by atoms with van der Waals surface area (Å²) in [6.07, 6.45) is 6.04. The van der Waals surface area contributed by atoms with Crippen molar-refractivity contribution >= 4 is 10.8 Å². The molecular weight excluding hydrogens is 194 g/mol. The minimum atomic E-state index is -0.589. The zero-order valence-electron chi connectivity index (χ0n) is 9.42. The third kappa shape index (κ3) is 3.70. The molecule has 0 aromatic heterocycles. The van der Waals surface area contributed by atoms with Crippen LogP contribution in [0, 0.1) is 0 Å². The van der Waals surface area contributed by atoms with Crippen LogP contribution in [0.4, 0.5) is 0 Å². The van der Waals surface area contributed by atoms with Crippen molar-refractivity contribution in [3.8, 4) is 0 Å². The molecule has 1 aliphatic carbocycles. The van der Waals surface area contributed by atoms with E-state index < -0.39 is 10.8 Å². The average molecular weight is 217 g/mol. The maximum absolute atomic E-state index is 12.0. The minimum Gasteiger partial charge on any atom is -0.313 e. The second-order valence-electron chi connectivity index (χ2n) is 4.12. The van der Waals surface area contributed by atoms with Gasteiger partial charge in [-0.05, 0) is 25.8 Å². The predicted molar refractivity (Wildman–Crippen MR) is 63.0 cm³/mol. The summed E-state index contributed by atoms with van der Waals surface area (Å²) in [7, 11) is -0.589. The lowest BCUT2D eigenvalue weighted by Gasteiger charge is -2.17. The van der Waals surface area contributed by atoms with Crippen molar-refractivity contribution in [3.05, 3.63) is 0 Å². The zero-order valence-corrected chi connectivity index (χ0v) is 10.2. The fourth-order valence-electron chi connectivity index (χ4n) is 2.10. The van der Waals surface area contributed by atoms with E-state index in [-0.39, 0.29) is 0 Å². The molecule has 2 nitrogen and oxygen atoms in total. The number of hydrogen-bond donors (Lipinski definition) is 1. The summed E-state index contributed by atoms with van der Waals surface area (Å²) < 4.78 is 12.0. The molecule has 0 aromatic carbocycles. The Balaban J connectivity index is 2.29. The van der Waals surface area contributed by atoms with Crippen LogP contribution in [0.3, 0.4) is 0 Å². The average Bonchev–Trinajstić information content (AvgIpc) is 2.69. The van der Waals surface area contributed by atoms with Crippen LogP contribution in [0.2, 0.25) is 0 Å². The number of rotatable bonds is 6. The van der Waals surface area contributed by atoms with Crippen LogP contribution >= 0.6 is 0 Å². The van der Waals surface area contributed by atoms with Gasteiger partial charge in [0.1, 0.15) is 0 Å². The Labute approximate surface area is 90.3 Å². The van der Waals surface area contributed by atoms with Crippen LogP contribution < -0.4 is 5.32 Å². The molecule has 0 aromatic rings. The molecule has 2 unspecified atom stereocenters. The highest BCUT2D eigenvalue weighted by molar-refractivity contribution is 7.85. The first-order valence-electron chi connectivity index (χ1n) is 5.88. The van der Waals surface area contributed by atoms with Gasteiger partial charge in [0.25, 0.3) is 0 Å². The second-order valence-corrected chi connectivity index (χ2v) is 5.88. The molecule has 0 amide bonds. The fourth-order valence-corrected chi connectivity index (χ4v) is 3.98. The maximum Gasteiger partial charge on any atom is 0.0391 e. The first-order chi connectivity index (χ1) is 6.77. The SMILES string of the molecule is CCNC(CC)CS(=O)C1CCCC1. The molecule has 1 N–H and O–H groups in total. The van der Waals surface area contributed by atoms with E-state index in [1.165, 1.54) is 25.7 Å². The summed E-state index contributed by atoms with van der Waals surface area (Å²) in [6, 6.07) is 0.460. The summed E-state index contributed by atoms with van der Waals surface area (Å²) in [6.45, 7) is 5.26. The monoisotopic (exact) mass is 217 g/mol. The van der Waals surface area contributed by atoms with Gasteiger partial charge in [-0.3, -0.25) is 4.21 Å². The summed E-state index contributed by atoms with van der Waals surface area (Å²) >= 11 is 0. The Hall–Kier alpha value is 0.110. The van der Waals surface area contributed by atoms with Crippen molar-refractivity contribution in [1.29, 1.82) is 0 Å². The molecule has 0 aliphatic heterocycles. The van der Waals surface area contributed by atoms with Crippen molar-refractivity contribution in [2.45, 2.75) is 57.2 Å². The molecule has 1 rings (SSSR count). The van der Waals surface area contributed by atoms with Gasteiger partial charge in [0, 0.05) is 27.8 Å². The van der Waals surface area contributed by atoms with Gasteiger partial charge in [0.2, 0.25) is 0 Å². The zero-order chi connectivity index (χ0) is 10.4. The highest BCUT2D eigenvalue weighted by atomic mass is 32.2. The van der Waals surface area contributed by atoms with Crippen molar-refractivity contribution in [3.63, 3.8) is 0 Å². The van der Waals surface area contributed by atoms with Gasteiger partial charge in [0.05, 0.1) is 0 Å². The number of hydrogen-bond acceptors (Lipinski definition) is 2. The third-order valence-corrected chi connectivity index (χ3v) is 4.97. The van der Waals surface area contributed by atoms with Crippen LogP contribution in [0.5, 0.6) is 0 Å². The van der Waals surface area contributed by atoms with Crippen molar-refractivity contribution in [1.82, 2.24) is 5.32 Å². The largest absolute Gasteiger partial charge is 0.313 e. The van der Waals surface area contributed by atoms with Crippen LogP contribution in [0.15, 0.2) is 0 Å². The molecule has 84 valence electrons. The molecule has 1 fully saturated rings. The van der Waals surface area contributed by atoms with E-state index in [1.807, 2.05) is 0 Å². The van der Waals surface area contributed by atoms with E-state index in [4.69, 9.17) is 0 Å². The van der Waals surface area contributed by atoms with Crippen LogP contribution in [0.25, 0.3) is 0 Å². The minimum absolute atomic E-state index is 0.460. The Bertz CT molecular complexity index is 178. The normalized spacial score (nSPS) is 22.4. The topological polar surface area (TPSA) is 29.1 Å². The Morgan fingerprint density at radius 3 is 2.50 bits per heavy atom. The first-order valence-corrected chi connectivity index (χ1v) is 7.26. The number of nitrogens with one attached hydrogen (secondary N) is 1. The first kappa shape index (κ1) is 12.2. The molecule has 1 saturated carbocycles. The molecule has 1 aliphatic rings. The molecule has 0 spiro atoms.